The number of hydrogen-bond donors (Lipinski definition) is 1. The van der Waals surface area contributed by atoms with Gasteiger partial charge >= 0.3 is 0 Å². The third kappa shape index (κ3) is 3.80. The zero-order chi connectivity index (χ0) is 19.0. The van der Waals surface area contributed by atoms with Crippen LogP contribution in [0.2, 0.25) is 10.0 Å². The van der Waals surface area contributed by atoms with E-state index < -0.39 is 0 Å². The maximum absolute atomic E-state index is 12.6. The molecule has 2 unspecified atom stereocenters. The molecule has 4 rings (SSSR count). The van der Waals surface area contributed by atoms with Gasteiger partial charge in [-0.15, -0.1) is 0 Å². The minimum absolute atomic E-state index is 0.0926. The molecule has 1 aromatic carbocycles. The molecule has 1 aromatic rings. The predicted octanol–water partition coefficient (Wildman–Crippen LogP) is 4.19. The number of carbonyl (C=O) groups is 1. The maximum atomic E-state index is 12.6. The van der Waals surface area contributed by atoms with Crippen LogP contribution in [0.4, 0.5) is 0 Å². The van der Waals surface area contributed by atoms with Crippen LogP contribution in [0.1, 0.15) is 37.7 Å². The second-order valence-corrected chi connectivity index (χ2v) is 8.78. The Labute approximate surface area is 169 Å². The van der Waals surface area contributed by atoms with Crippen LogP contribution in [-0.2, 0) is 21.0 Å². The van der Waals surface area contributed by atoms with Gasteiger partial charge in [-0.3, -0.25) is 4.79 Å². The monoisotopic (exact) mass is 413 g/mol. The smallest absolute Gasteiger partial charge is 0.223 e. The highest BCUT2D eigenvalue weighted by atomic mass is 35.5. The molecule has 0 radical (unpaired) electrons. The van der Waals surface area contributed by atoms with Gasteiger partial charge in [0.2, 0.25) is 5.91 Å². The van der Waals surface area contributed by atoms with Crippen molar-refractivity contribution in [3.05, 3.63) is 27.7 Å². The van der Waals surface area contributed by atoms with Crippen molar-refractivity contribution >= 4 is 29.1 Å². The second-order valence-electron chi connectivity index (χ2n) is 7.96. The molecule has 2 saturated heterocycles. The first-order valence-corrected chi connectivity index (χ1v) is 10.4. The van der Waals surface area contributed by atoms with Crippen molar-refractivity contribution < 1.29 is 19.3 Å². The standard InChI is InChI=1S/C20H25Cl2NO4/c1-25-13-8-17(21)15(18(22)9-13)10-14-16(11-23-19(14)24)12-2-4-20(5-3-12)6-7-26-27-20/h8-9,12,14,16H,2-7,10-11H2,1H3,(H,23,24). The molecule has 148 valence electrons. The van der Waals surface area contributed by atoms with Gasteiger partial charge in [0, 0.05) is 28.9 Å². The molecule has 2 aliphatic heterocycles. The highest BCUT2D eigenvalue weighted by molar-refractivity contribution is 6.36. The Kier molecular flexibility index (Phi) is 5.57. The largest absolute Gasteiger partial charge is 0.497 e. The number of hydrogen-bond acceptors (Lipinski definition) is 4. The molecule has 1 N–H and O–H groups in total. The lowest BCUT2D eigenvalue weighted by molar-refractivity contribution is -0.316. The molecule has 27 heavy (non-hydrogen) atoms. The van der Waals surface area contributed by atoms with E-state index in [1.807, 2.05) is 0 Å². The van der Waals surface area contributed by atoms with Gasteiger partial charge in [0.1, 0.15) is 11.4 Å². The Morgan fingerprint density at radius 1 is 1.22 bits per heavy atom. The van der Waals surface area contributed by atoms with E-state index in [-0.39, 0.29) is 17.4 Å². The lowest BCUT2D eigenvalue weighted by Gasteiger charge is -2.38. The summed E-state index contributed by atoms with van der Waals surface area (Å²) in [5.74, 6) is 1.42. The van der Waals surface area contributed by atoms with Gasteiger partial charge in [-0.1, -0.05) is 23.2 Å². The quantitative estimate of drug-likeness (QED) is 0.751. The summed E-state index contributed by atoms with van der Waals surface area (Å²) in [4.78, 5) is 23.3. The molecule has 7 heteroatoms. The van der Waals surface area contributed by atoms with Gasteiger partial charge < -0.3 is 10.1 Å². The Morgan fingerprint density at radius 3 is 2.52 bits per heavy atom. The molecule has 2 atom stereocenters. The molecule has 1 saturated carbocycles. The van der Waals surface area contributed by atoms with Crippen LogP contribution in [-0.4, -0.2) is 31.8 Å². The average Bonchev–Trinajstić information content (AvgIpc) is 3.26. The van der Waals surface area contributed by atoms with Crippen LogP contribution in [0.5, 0.6) is 5.75 Å². The summed E-state index contributed by atoms with van der Waals surface area (Å²) in [5, 5.41) is 4.16. The molecule has 5 nitrogen and oxygen atoms in total. The maximum Gasteiger partial charge on any atom is 0.223 e. The van der Waals surface area contributed by atoms with E-state index in [0.717, 1.165) is 44.2 Å². The lowest BCUT2D eigenvalue weighted by atomic mass is 9.69. The Balaban J connectivity index is 1.48. The topological polar surface area (TPSA) is 56.8 Å². The number of nitrogens with one attached hydrogen (secondary N) is 1. The highest BCUT2D eigenvalue weighted by Gasteiger charge is 2.46. The molecule has 1 spiro atoms. The van der Waals surface area contributed by atoms with Gasteiger partial charge in [0.15, 0.2) is 0 Å². The summed E-state index contributed by atoms with van der Waals surface area (Å²) in [5.41, 5.74) is 0.732. The van der Waals surface area contributed by atoms with E-state index in [2.05, 4.69) is 5.32 Å². The zero-order valence-corrected chi connectivity index (χ0v) is 16.9. The van der Waals surface area contributed by atoms with Gasteiger partial charge in [-0.2, -0.15) is 0 Å². The van der Waals surface area contributed by atoms with Crippen LogP contribution in [0.15, 0.2) is 12.1 Å². The van der Waals surface area contributed by atoms with Gasteiger partial charge in [0.25, 0.3) is 0 Å². The fourth-order valence-electron chi connectivity index (χ4n) is 4.90. The van der Waals surface area contributed by atoms with Crippen molar-refractivity contribution in [1.82, 2.24) is 5.32 Å². The summed E-state index contributed by atoms with van der Waals surface area (Å²) < 4.78 is 5.21. The van der Waals surface area contributed by atoms with Crippen LogP contribution in [0, 0.1) is 17.8 Å². The third-order valence-corrected chi connectivity index (χ3v) is 7.24. The summed E-state index contributed by atoms with van der Waals surface area (Å²) in [6.07, 6.45) is 5.65. The Hall–Kier alpha value is -1.01. The number of carbonyl (C=O) groups excluding carboxylic acids is 1. The number of benzene rings is 1. The van der Waals surface area contributed by atoms with E-state index in [9.17, 15) is 4.79 Å². The zero-order valence-electron chi connectivity index (χ0n) is 15.4. The summed E-state index contributed by atoms with van der Waals surface area (Å²) in [6, 6.07) is 3.51. The lowest BCUT2D eigenvalue weighted by Crippen LogP contribution is -2.37. The first-order valence-electron chi connectivity index (χ1n) is 9.61. The third-order valence-electron chi connectivity index (χ3n) is 6.56. The number of halogens is 2. The van der Waals surface area contributed by atoms with Crippen LogP contribution in [0.25, 0.3) is 0 Å². The second kappa shape index (κ2) is 7.78. The molecule has 1 amide bonds. The van der Waals surface area contributed by atoms with Crippen molar-refractivity contribution in [2.24, 2.45) is 17.8 Å². The minimum atomic E-state index is -0.104. The fraction of sp³-hybridized carbons (Fsp3) is 0.650. The summed E-state index contributed by atoms with van der Waals surface area (Å²) in [6.45, 7) is 1.41. The molecule has 3 fully saturated rings. The molecular weight excluding hydrogens is 389 g/mol. The van der Waals surface area contributed by atoms with E-state index in [4.69, 9.17) is 37.7 Å². The van der Waals surface area contributed by atoms with Crippen molar-refractivity contribution in [2.75, 3.05) is 20.3 Å². The molecule has 3 aliphatic rings. The van der Waals surface area contributed by atoms with Crippen LogP contribution in [0.3, 0.4) is 0 Å². The SMILES string of the molecule is COc1cc(Cl)c(CC2C(=O)NCC2C2CCC3(CCOO3)CC2)c(Cl)c1. The minimum Gasteiger partial charge on any atom is -0.497 e. The molecule has 2 heterocycles. The van der Waals surface area contributed by atoms with Crippen molar-refractivity contribution in [1.29, 1.82) is 0 Å². The van der Waals surface area contributed by atoms with E-state index in [0.29, 0.717) is 40.7 Å². The van der Waals surface area contributed by atoms with Crippen molar-refractivity contribution in [3.63, 3.8) is 0 Å². The predicted molar refractivity (Wildman–Crippen MR) is 103 cm³/mol. The number of amides is 1. The van der Waals surface area contributed by atoms with Crippen molar-refractivity contribution in [2.45, 2.75) is 44.1 Å². The van der Waals surface area contributed by atoms with E-state index in [1.54, 1.807) is 19.2 Å². The average molecular weight is 414 g/mol. The fourth-order valence-corrected chi connectivity index (χ4v) is 5.52. The van der Waals surface area contributed by atoms with E-state index >= 15 is 0 Å². The number of methoxy groups -OCH3 is 1. The first-order chi connectivity index (χ1) is 13.0. The first kappa shape index (κ1) is 19.3. The van der Waals surface area contributed by atoms with Gasteiger partial charge in [-0.05, 0) is 61.6 Å². The molecule has 1 aliphatic carbocycles. The van der Waals surface area contributed by atoms with Crippen LogP contribution < -0.4 is 10.1 Å². The van der Waals surface area contributed by atoms with E-state index in [1.165, 1.54) is 0 Å². The Bertz CT molecular complexity index is 687. The van der Waals surface area contributed by atoms with Gasteiger partial charge in [-0.25, -0.2) is 9.78 Å². The van der Waals surface area contributed by atoms with Crippen LogP contribution >= 0.6 is 23.2 Å². The normalized spacial score (nSPS) is 33.4. The summed E-state index contributed by atoms with van der Waals surface area (Å²) >= 11 is 12.9. The van der Waals surface area contributed by atoms with Crippen molar-refractivity contribution in [3.8, 4) is 5.75 Å². The van der Waals surface area contributed by atoms with Gasteiger partial charge in [0.05, 0.1) is 13.7 Å². The Morgan fingerprint density at radius 2 is 1.93 bits per heavy atom. The number of ether oxygens (including phenoxy) is 1. The number of rotatable bonds is 4. The molecular formula is C20H25Cl2NO4. The highest BCUT2D eigenvalue weighted by Crippen LogP contribution is 2.45. The molecule has 0 aromatic heterocycles. The summed E-state index contributed by atoms with van der Waals surface area (Å²) in [7, 11) is 1.58. The molecule has 0 bridgehead atoms.